The Morgan fingerprint density at radius 3 is 2.61 bits per heavy atom. The van der Waals surface area contributed by atoms with Crippen LogP contribution in [0.3, 0.4) is 0 Å². The average molecular weight is 329 g/mol. The summed E-state index contributed by atoms with van der Waals surface area (Å²) in [6.45, 7) is 4.89. The number of thiophene rings is 1. The molecule has 18 heavy (non-hydrogen) atoms. The Labute approximate surface area is 122 Å². The summed E-state index contributed by atoms with van der Waals surface area (Å²) in [6.07, 6.45) is 5.55. The van der Waals surface area contributed by atoms with Crippen molar-refractivity contribution in [2.24, 2.45) is 5.92 Å². The fourth-order valence-electron chi connectivity index (χ4n) is 2.61. The van der Waals surface area contributed by atoms with Gasteiger partial charge >= 0.3 is 0 Å². The predicted octanol–water partition coefficient (Wildman–Crippen LogP) is 3.47. The number of nitrogens with zero attached hydrogens (tertiary/aromatic N) is 1. The van der Waals surface area contributed by atoms with E-state index in [0.717, 1.165) is 18.5 Å². The van der Waals surface area contributed by atoms with Crippen molar-refractivity contribution in [1.82, 2.24) is 10.2 Å². The molecular formula is C14H21BrN2S. The zero-order valence-electron chi connectivity index (χ0n) is 10.7. The van der Waals surface area contributed by atoms with Gasteiger partial charge in [-0.3, -0.25) is 4.90 Å². The highest BCUT2D eigenvalue weighted by molar-refractivity contribution is 9.11. The first-order valence-corrected chi connectivity index (χ1v) is 8.60. The van der Waals surface area contributed by atoms with E-state index in [0.29, 0.717) is 0 Å². The Hall–Kier alpha value is 0.1000. The highest BCUT2D eigenvalue weighted by Gasteiger charge is 2.24. The smallest absolute Gasteiger partial charge is 0.0701 e. The monoisotopic (exact) mass is 328 g/mol. The summed E-state index contributed by atoms with van der Waals surface area (Å²) in [5.74, 6) is 1.01. The van der Waals surface area contributed by atoms with Crippen LogP contribution < -0.4 is 5.32 Å². The van der Waals surface area contributed by atoms with Crippen LogP contribution in [-0.2, 0) is 6.54 Å². The van der Waals surface area contributed by atoms with Crippen LogP contribution in [0, 0.1) is 5.92 Å². The summed E-state index contributed by atoms with van der Waals surface area (Å²) < 4.78 is 1.25. The van der Waals surface area contributed by atoms with Crippen LogP contribution >= 0.6 is 27.3 Å². The Morgan fingerprint density at radius 1 is 1.22 bits per heavy atom. The summed E-state index contributed by atoms with van der Waals surface area (Å²) in [7, 11) is 0. The molecule has 0 spiro atoms. The second-order valence-corrected chi connectivity index (χ2v) is 8.16. The summed E-state index contributed by atoms with van der Waals surface area (Å²) in [6, 6.07) is 5.17. The molecule has 2 aliphatic rings. The topological polar surface area (TPSA) is 15.3 Å². The number of halogens is 1. The van der Waals surface area contributed by atoms with E-state index in [9.17, 15) is 0 Å². The summed E-state index contributed by atoms with van der Waals surface area (Å²) >= 11 is 5.40. The molecule has 100 valence electrons. The normalized spacial score (nSPS) is 22.5. The van der Waals surface area contributed by atoms with Gasteiger partial charge in [0, 0.05) is 17.5 Å². The van der Waals surface area contributed by atoms with Crippen LogP contribution in [-0.4, -0.2) is 30.6 Å². The molecule has 1 aromatic heterocycles. The van der Waals surface area contributed by atoms with E-state index in [2.05, 4.69) is 38.3 Å². The molecule has 2 heterocycles. The van der Waals surface area contributed by atoms with Crippen molar-refractivity contribution in [1.29, 1.82) is 0 Å². The van der Waals surface area contributed by atoms with E-state index in [4.69, 9.17) is 0 Å². The molecule has 2 fully saturated rings. The molecule has 0 unspecified atom stereocenters. The Morgan fingerprint density at radius 2 is 2.00 bits per heavy atom. The number of rotatable bonds is 5. The standard InChI is InChI=1S/C14H21BrN2S/c15-14-4-3-13(18-14)10-17-7-5-12(6-8-17)16-9-11-1-2-11/h3-4,11-12,16H,1-2,5-10H2. The second kappa shape index (κ2) is 6.04. The molecule has 0 radical (unpaired) electrons. The summed E-state index contributed by atoms with van der Waals surface area (Å²) in [4.78, 5) is 4.07. The minimum atomic E-state index is 0.775. The molecule has 3 rings (SSSR count). The highest BCUT2D eigenvalue weighted by Crippen LogP contribution is 2.28. The van der Waals surface area contributed by atoms with Gasteiger partial charge in [-0.1, -0.05) is 0 Å². The number of hydrogen-bond acceptors (Lipinski definition) is 3. The number of likely N-dealkylation sites (tertiary alicyclic amines) is 1. The number of hydrogen-bond donors (Lipinski definition) is 1. The molecule has 1 aromatic rings. The van der Waals surface area contributed by atoms with Crippen molar-refractivity contribution < 1.29 is 0 Å². The summed E-state index contributed by atoms with van der Waals surface area (Å²) in [5, 5.41) is 3.74. The first-order valence-electron chi connectivity index (χ1n) is 6.99. The summed E-state index contributed by atoms with van der Waals surface area (Å²) in [5.41, 5.74) is 0. The first-order chi connectivity index (χ1) is 8.79. The van der Waals surface area contributed by atoms with Gasteiger partial charge in [-0.25, -0.2) is 0 Å². The zero-order chi connectivity index (χ0) is 12.4. The van der Waals surface area contributed by atoms with Crippen molar-refractivity contribution in [2.75, 3.05) is 19.6 Å². The van der Waals surface area contributed by atoms with E-state index in [1.54, 1.807) is 0 Å². The van der Waals surface area contributed by atoms with E-state index < -0.39 is 0 Å². The highest BCUT2D eigenvalue weighted by atomic mass is 79.9. The molecule has 4 heteroatoms. The molecule has 0 amide bonds. The Balaban J connectivity index is 1.39. The molecule has 1 aliphatic heterocycles. The molecule has 1 N–H and O–H groups in total. The van der Waals surface area contributed by atoms with Gasteiger partial charge in [0.05, 0.1) is 3.79 Å². The lowest BCUT2D eigenvalue weighted by Crippen LogP contribution is -2.42. The largest absolute Gasteiger partial charge is 0.314 e. The third kappa shape index (κ3) is 3.80. The third-order valence-electron chi connectivity index (χ3n) is 3.99. The van der Waals surface area contributed by atoms with E-state index in [-0.39, 0.29) is 0 Å². The third-order valence-corrected chi connectivity index (χ3v) is 5.60. The lowest BCUT2D eigenvalue weighted by molar-refractivity contribution is 0.191. The fourth-order valence-corrected chi connectivity index (χ4v) is 4.13. The Kier molecular flexibility index (Phi) is 4.39. The van der Waals surface area contributed by atoms with Gasteiger partial charge in [0.25, 0.3) is 0 Å². The molecule has 0 atom stereocenters. The first kappa shape index (κ1) is 13.1. The average Bonchev–Trinajstić information content (AvgIpc) is 3.12. The Bertz CT molecular complexity index is 381. The van der Waals surface area contributed by atoms with Gasteiger partial charge in [0.1, 0.15) is 0 Å². The van der Waals surface area contributed by atoms with Crippen molar-refractivity contribution >= 4 is 27.3 Å². The molecular weight excluding hydrogens is 308 g/mol. The second-order valence-electron chi connectivity index (χ2n) is 5.61. The fraction of sp³-hybridized carbons (Fsp3) is 0.714. The lowest BCUT2D eigenvalue weighted by Gasteiger charge is -2.32. The van der Waals surface area contributed by atoms with Crippen molar-refractivity contribution in [3.63, 3.8) is 0 Å². The minimum Gasteiger partial charge on any atom is -0.314 e. The number of piperidine rings is 1. The molecule has 0 bridgehead atoms. The van der Waals surface area contributed by atoms with Crippen LogP contribution in [0.1, 0.15) is 30.6 Å². The van der Waals surface area contributed by atoms with Crippen molar-refractivity contribution in [3.8, 4) is 0 Å². The van der Waals surface area contributed by atoms with Crippen molar-refractivity contribution in [3.05, 3.63) is 20.8 Å². The lowest BCUT2D eigenvalue weighted by atomic mass is 10.0. The van der Waals surface area contributed by atoms with Crippen molar-refractivity contribution in [2.45, 2.75) is 38.3 Å². The minimum absolute atomic E-state index is 0.775. The van der Waals surface area contributed by atoms with Gasteiger partial charge in [-0.05, 0) is 79.3 Å². The molecule has 1 aliphatic carbocycles. The molecule has 1 saturated heterocycles. The number of nitrogens with one attached hydrogen (secondary N) is 1. The maximum Gasteiger partial charge on any atom is 0.0701 e. The SMILES string of the molecule is Brc1ccc(CN2CCC(NCC3CC3)CC2)s1. The van der Waals surface area contributed by atoms with Crippen LogP contribution in [0.25, 0.3) is 0 Å². The zero-order valence-corrected chi connectivity index (χ0v) is 13.1. The van der Waals surface area contributed by atoms with Crippen LogP contribution in [0.15, 0.2) is 15.9 Å². The van der Waals surface area contributed by atoms with Crippen LogP contribution in [0.4, 0.5) is 0 Å². The maximum absolute atomic E-state index is 3.74. The van der Waals surface area contributed by atoms with E-state index >= 15 is 0 Å². The molecule has 1 saturated carbocycles. The van der Waals surface area contributed by atoms with Crippen LogP contribution in [0.2, 0.25) is 0 Å². The predicted molar refractivity (Wildman–Crippen MR) is 81.0 cm³/mol. The van der Waals surface area contributed by atoms with E-state index in [1.165, 1.54) is 54.0 Å². The maximum atomic E-state index is 3.74. The quantitative estimate of drug-likeness (QED) is 0.890. The van der Waals surface area contributed by atoms with Gasteiger partial charge in [0.15, 0.2) is 0 Å². The van der Waals surface area contributed by atoms with Gasteiger partial charge < -0.3 is 5.32 Å². The molecule has 0 aromatic carbocycles. The van der Waals surface area contributed by atoms with Gasteiger partial charge in [0.2, 0.25) is 0 Å². The van der Waals surface area contributed by atoms with Gasteiger partial charge in [-0.15, -0.1) is 11.3 Å². The van der Waals surface area contributed by atoms with Crippen LogP contribution in [0.5, 0.6) is 0 Å². The van der Waals surface area contributed by atoms with E-state index in [1.807, 2.05) is 11.3 Å². The van der Waals surface area contributed by atoms with Gasteiger partial charge in [-0.2, -0.15) is 0 Å². The molecule has 2 nitrogen and oxygen atoms in total.